The summed E-state index contributed by atoms with van der Waals surface area (Å²) in [6.07, 6.45) is -0.387. The van der Waals surface area contributed by atoms with Crippen LogP contribution in [0.3, 0.4) is 0 Å². The summed E-state index contributed by atoms with van der Waals surface area (Å²) in [6, 6.07) is 7.12. The second-order valence-corrected chi connectivity index (χ2v) is 3.74. The number of ether oxygens (including phenoxy) is 2. The van der Waals surface area contributed by atoms with Gasteiger partial charge in [-0.2, -0.15) is 0 Å². The van der Waals surface area contributed by atoms with Crippen molar-refractivity contribution < 1.29 is 19.4 Å². The third kappa shape index (κ3) is 3.75. The van der Waals surface area contributed by atoms with Crippen LogP contribution < -0.4 is 4.74 Å². The normalized spacial score (nSPS) is 14.1. The molecule has 2 atom stereocenters. The van der Waals surface area contributed by atoms with Crippen molar-refractivity contribution in [2.24, 2.45) is 0 Å². The lowest BCUT2D eigenvalue weighted by atomic mass is 10.0. The molecule has 0 saturated carbocycles. The zero-order valence-corrected chi connectivity index (χ0v) is 10.3. The molecule has 0 heterocycles. The second kappa shape index (κ2) is 6.25. The fraction of sp³-hybridized carbons (Fsp3) is 0.462. The predicted octanol–water partition coefficient (Wildman–Crippen LogP) is 2.64. The molecule has 0 bridgehead atoms. The van der Waals surface area contributed by atoms with E-state index in [4.69, 9.17) is 14.6 Å². The van der Waals surface area contributed by atoms with Crippen LogP contribution in [0.15, 0.2) is 24.3 Å². The summed E-state index contributed by atoms with van der Waals surface area (Å²) < 4.78 is 10.8. The first-order chi connectivity index (χ1) is 8.06. The molecule has 0 radical (unpaired) electrons. The Morgan fingerprint density at radius 1 is 1.35 bits per heavy atom. The SMILES string of the molecule is CCOC(C)Oc1ccccc1C(C)C(=O)O. The van der Waals surface area contributed by atoms with E-state index in [-0.39, 0.29) is 6.29 Å². The van der Waals surface area contributed by atoms with E-state index in [2.05, 4.69) is 0 Å². The maximum absolute atomic E-state index is 11.0. The lowest BCUT2D eigenvalue weighted by Gasteiger charge is -2.18. The molecular formula is C13H18O4. The molecular weight excluding hydrogens is 220 g/mol. The van der Waals surface area contributed by atoms with E-state index in [1.165, 1.54) is 0 Å². The number of carboxylic acid groups (broad SMARTS) is 1. The Labute approximate surface area is 101 Å². The molecule has 0 amide bonds. The van der Waals surface area contributed by atoms with Crippen LogP contribution in [0.2, 0.25) is 0 Å². The smallest absolute Gasteiger partial charge is 0.310 e. The largest absolute Gasteiger partial charge is 0.481 e. The predicted molar refractivity (Wildman–Crippen MR) is 64.2 cm³/mol. The maximum atomic E-state index is 11.0. The minimum Gasteiger partial charge on any atom is -0.481 e. The van der Waals surface area contributed by atoms with Crippen molar-refractivity contribution in [2.45, 2.75) is 33.0 Å². The van der Waals surface area contributed by atoms with Gasteiger partial charge in [-0.15, -0.1) is 0 Å². The zero-order valence-electron chi connectivity index (χ0n) is 10.3. The molecule has 0 spiro atoms. The third-order valence-corrected chi connectivity index (χ3v) is 2.45. The average Bonchev–Trinajstić information content (AvgIpc) is 2.29. The number of para-hydroxylation sites is 1. The van der Waals surface area contributed by atoms with E-state index < -0.39 is 11.9 Å². The highest BCUT2D eigenvalue weighted by Crippen LogP contribution is 2.27. The van der Waals surface area contributed by atoms with Gasteiger partial charge in [-0.05, 0) is 26.8 Å². The Morgan fingerprint density at radius 3 is 2.59 bits per heavy atom. The summed E-state index contributed by atoms with van der Waals surface area (Å²) in [5.41, 5.74) is 0.659. The van der Waals surface area contributed by atoms with Gasteiger partial charge in [0.1, 0.15) is 5.75 Å². The van der Waals surface area contributed by atoms with E-state index in [9.17, 15) is 4.79 Å². The highest BCUT2D eigenvalue weighted by atomic mass is 16.7. The average molecular weight is 238 g/mol. The Kier molecular flexibility index (Phi) is 4.97. The highest BCUT2D eigenvalue weighted by molar-refractivity contribution is 5.76. The molecule has 0 aliphatic carbocycles. The number of hydrogen-bond acceptors (Lipinski definition) is 3. The molecule has 94 valence electrons. The first-order valence-electron chi connectivity index (χ1n) is 5.66. The van der Waals surface area contributed by atoms with Crippen molar-refractivity contribution >= 4 is 5.97 Å². The topological polar surface area (TPSA) is 55.8 Å². The van der Waals surface area contributed by atoms with Crippen LogP contribution >= 0.6 is 0 Å². The van der Waals surface area contributed by atoms with Gasteiger partial charge in [-0.25, -0.2) is 0 Å². The van der Waals surface area contributed by atoms with Crippen molar-refractivity contribution in [3.63, 3.8) is 0 Å². The van der Waals surface area contributed by atoms with Gasteiger partial charge >= 0.3 is 5.97 Å². The second-order valence-electron chi connectivity index (χ2n) is 3.74. The molecule has 0 saturated heterocycles. The minimum atomic E-state index is -0.870. The van der Waals surface area contributed by atoms with Crippen LogP contribution in [0, 0.1) is 0 Å². The maximum Gasteiger partial charge on any atom is 0.310 e. The molecule has 1 aromatic carbocycles. The molecule has 1 N–H and O–H groups in total. The van der Waals surface area contributed by atoms with Crippen molar-refractivity contribution in [2.75, 3.05) is 6.61 Å². The van der Waals surface area contributed by atoms with Gasteiger partial charge in [0.25, 0.3) is 0 Å². The number of benzene rings is 1. The lowest BCUT2D eigenvalue weighted by Crippen LogP contribution is -2.18. The van der Waals surface area contributed by atoms with Gasteiger partial charge in [0.15, 0.2) is 6.29 Å². The molecule has 0 fully saturated rings. The third-order valence-electron chi connectivity index (χ3n) is 2.45. The number of carboxylic acids is 1. The molecule has 1 aromatic rings. The standard InChI is InChI=1S/C13H18O4/c1-4-16-10(3)17-12-8-6-5-7-11(12)9(2)13(14)15/h5-10H,4H2,1-3H3,(H,14,15). The lowest BCUT2D eigenvalue weighted by molar-refractivity contribution is -0.138. The van der Waals surface area contributed by atoms with E-state index in [0.717, 1.165) is 0 Å². The first-order valence-corrected chi connectivity index (χ1v) is 5.66. The summed E-state index contributed by atoms with van der Waals surface area (Å²) in [5, 5.41) is 9.01. The summed E-state index contributed by atoms with van der Waals surface area (Å²) >= 11 is 0. The van der Waals surface area contributed by atoms with E-state index >= 15 is 0 Å². The zero-order chi connectivity index (χ0) is 12.8. The Bertz CT molecular complexity index is 375. The van der Waals surface area contributed by atoms with Crippen molar-refractivity contribution in [3.05, 3.63) is 29.8 Å². The van der Waals surface area contributed by atoms with Crippen LogP contribution in [0.25, 0.3) is 0 Å². The molecule has 0 aromatic heterocycles. The van der Waals surface area contributed by atoms with E-state index in [0.29, 0.717) is 17.9 Å². The van der Waals surface area contributed by atoms with Crippen molar-refractivity contribution in [1.82, 2.24) is 0 Å². The molecule has 0 aliphatic rings. The van der Waals surface area contributed by atoms with Gasteiger partial charge < -0.3 is 14.6 Å². The Hall–Kier alpha value is -1.55. The van der Waals surface area contributed by atoms with Gasteiger partial charge in [-0.1, -0.05) is 18.2 Å². The van der Waals surface area contributed by atoms with Crippen LogP contribution in [-0.2, 0) is 9.53 Å². The van der Waals surface area contributed by atoms with Crippen molar-refractivity contribution in [1.29, 1.82) is 0 Å². The molecule has 1 rings (SSSR count). The van der Waals surface area contributed by atoms with E-state index in [1.807, 2.05) is 13.0 Å². The van der Waals surface area contributed by atoms with Crippen LogP contribution in [0.1, 0.15) is 32.3 Å². The fourth-order valence-corrected chi connectivity index (χ4v) is 1.53. The number of rotatable bonds is 6. The first kappa shape index (κ1) is 13.5. The van der Waals surface area contributed by atoms with Crippen molar-refractivity contribution in [3.8, 4) is 5.75 Å². The molecule has 4 nitrogen and oxygen atoms in total. The molecule has 17 heavy (non-hydrogen) atoms. The van der Waals surface area contributed by atoms with Gasteiger partial charge in [0.05, 0.1) is 5.92 Å². The van der Waals surface area contributed by atoms with Gasteiger partial charge in [0, 0.05) is 12.2 Å². The number of hydrogen-bond donors (Lipinski definition) is 1. The quantitative estimate of drug-likeness (QED) is 0.774. The summed E-state index contributed by atoms with van der Waals surface area (Å²) in [6.45, 7) is 5.85. The van der Waals surface area contributed by atoms with E-state index in [1.54, 1.807) is 32.0 Å². The van der Waals surface area contributed by atoms with Crippen LogP contribution in [0.4, 0.5) is 0 Å². The van der Waals surface area contributed by atoms with Crippen LogP contribution in [0.5, 0.6) is 5.75 Å². The molecule has 2 unspecified atom stereocenters. The molecule has 0 aliphatic heterocycles. The monoisotopic (exact) mass is 238 g/mol. The van der Waals surface area contributed by atoms with Gasteiger partial charge in [-0.3, -0.25) is 4.79 Å². The fourth-order valence-electron chi connectivity index (χ4n) is 1.53. The summed E-state index contributed by atoms with van der Waals surface area (Å²) in [5.74, 6) is -0.909. The highest BCUT2D eigenvalue weighted by Gasteiger charge is 2.18. The minimum absolute atomic E-state index is 0.387. The Balaban J connectivity index is 2.88. The van der Waals surface area contributed by atoms with Gasteiger partial charge in [0.2, 0.25) is 0 Å². The molecule has 4 heteroatoms. The van der Waals surface area contributed by atoms with Crippen LogP contribution in [-0.4, -0.2) is 24.0 Å². The summed E-state index contributed by atoms with van der Waals surface area (Å²) in [7, 11) is 0. The Morgan fingerprint density at radius 2 is 2.00 bits per heavy atom. The number of carbonyl (C=O) groups is 1. The summed E-state index contributed by atoms with van der Waals surface area (Å²) in [4.78, 5) is 11.0. The number of aliphatic carboxylic acids is 1.